The van der Waals surface area contributed by atoms with E-state index in [0.29, 0.717) is 12.1 Å². The molecule has 0 unspecified atom stereocenters. The summed E-state index contributed by atoms with van der Waals surface area (Å²) >= 11 is 0. The molecule has 0 aliphatic carbocycles. The molecular formula is C18H23N5O17. The van der Waals surface area contributed by atoms with Crippen molar-refractivity contribution >= 4 is 46.9 Å². The smallest absolute Gasteiger partial charge is 0.324 e. The molecule has 222 valence electrons. The molecule has 0 bridgehead atoms. The van der Waals surface area contributed by atoms with E-state index in [2.05, 4.69) is 0 Å². The summed E-state index contributed by atoms with van der Waals surface area (Å²) in [7, 11) is 0. The minimum absolute atomic E-state index is 0.0703. The average Bonchev–Trinajstić information content (AvgIpc) is 2.75. The number of nitro benzene ring substituents is 3. The van der Waals surface area contributed by atoms with Gasteiger partial charge in [-0.15, -0.1) is 0 Å². The molecule has 40 heavy (non-hydrogen) atoms. The number of carbonyl (C=O) groups is 5. The second-order valence-electron chi connectivity index (χ2n) is 7.12. The lowest BCUT2D eigenvalue weighted by molar-refractivity contribution is -0.404. The Hall–Kier alpha value is -5.51. The lowest BCUT2D eigenvalue weighted by Crippen LogP contribution is -2.43. The van der Waals surface area contributed by atoms with E-state index in [0.717, 1.165) is 16.7 Å². The molecule has 0 aromatic heterocycles. The van der Waals surface area contributed by atoms with Crippen molar-refractivity contribution in [2.75, 3.05) is 39.3 Å². The van der Waals surface area contributed by atoms with Crippen molar-refractivity contribution in [3.63, 3.8) is 0 Å². The van der Waals surface area contributed by atoms with Gasteiger partial charge in [0.15, 0.2) is 0 Å². The first kappa shape index (κ1) is 36.6. The van der Waals surface area contributed by atoms with Gasteiger partial charge in [0.25, 0.3) is 17.4 Å². The molecule has 1 rings (SSSR count). The molecular weight excluding hydrogens is 558 g/mol. The third kappa shape index (κ3) is 17.0. The number of hydrogen-bond donors (Lipinski definition) is 6. The summed E-state index contributed by atoms with van der Waals surface area (Å²) in [6.45, 7) is -1.17. The summed E-state index contributed by atoms with van der Waals surface area (Å²) in [6, 6.07) is 0.894. The lowest BCUT2D eigenvalue weighted by atomic mass is 10.2. The maximum Gasteiger partial charge on any atom is 0.324 e. The van der Waals surface area contributed by atoms with Crippen LogP contribution in [0.5, 0.6) is 5.75 Å². The SMILES string of the molecule is CC(=O)O.O=C(O)CN(CCN(CC(=O)O)CC(=O)O)CC(=O)O.O=[N+]([O-])c1cc([N+](=O)[O-])c(O)c([N+](=O)[O-])c1. The highest BCUT2D eigenvalue weighted by atomic mass is 16.6. The highest BCUT2D eigenvalue weighted by molar-refractivity contribution is 5.73. The maximum atomic E-state index is 10.6. The van der Waals surface area contributed by atoms with Gasteiger partial charge in [0.05, 0.1) is 53.1 Å². The molecule has 22 nitrogen and oxygen atoms in total. The summed E-state index contributed by atoms with van der Waals surface area (Å²) in [5, 5.41) is 82.1. The Morgan fingerprint density at radius 1 is 0.650 bits per heavy atom. The van der Waals surface area contributed by atoms with Gasteiger partial charge in [0.1, 0.15) is 0 Å². The van der Waals surface area contributed by atoms with Gasteiger partial charge in [-0.3, -0.25) is 64.1 Å². The fourth-order valence-electron chi connectivity index (χ4n) is 2.45. The van der Waals surface area contributed by atoms with Crippen molar-refractivity contribution in [2.45, 2.75) is 6.92 Å². The Labute approximate surface area is 221 Å². The molecule has 0 radical (unpaired) electrons. The molecule has 0 aliphatic rings. The van der Waals surface area contributed by atoms with Crippen LogP contribution in [0.1, 0.15) is 6.92 Å². The van der Waals surface area contributed by atoms with Crippen LogP contribution in [-0.2, 0) is 24.0 Å². The number of benzene rings is 1. The first-order valence-corrected chi connectivity index (χ1v) is 10.1. The quantitative estimate of drug-likeness (QED) is 0.115. The molecule has 22 heteroatoms. The number of hydrogen-bond acceptors (Lipinski definition) is 14. The maximum absolute atomic E-state index is 10.6. The van der Waals surface area contributed by atoms with E-state index in [-0.39, 0.29) is 13.1 Å². The molecule has 0 spiro atoms. The summed E-state index contributed by atoms with van der Waals surface area (Å²) < 4.78 is 0. The van der Waals surface area contributed by atoms with Crippen LogP contribution >= 0.6 is 0 Å². The Kier molecular flexibility index (Phi) is 16.4. The molecule has 0 aliphatic heterocycles. The van der Waals surface area contributed by atoms with Crippen molar-refractivity contribution in [3.8, 4) is 5.75 Å². The van der Waals surface area contributed by atoms with Gasteiger partial charge >= 0.3 is 35.3 Å². The van der Waals surface area contributed by atoms with E-state index in [1.807, 2.05) is 0 Å². The highest BCUT2D eigenvalue weighted by Crippen LogP contribution is 2.38. The van der Waals surface area contributed by atoms with E-state index < -0.39 is 93.6 Å². The minimum Gasteiger partial charge on any atom is -0.497 e. The van der Waals surface area contributed by atoms with Crippen LogP contribution in [0.4, 0.5) is 17.1 Å². The monoisotopic (exact) mass is 581 g/mol. The number of non-ortho nitro benzene ring substituents is 1. The van der Waals surface area contributed by atoms with Crippen LogP contribution in [0.15, 0.2) is 12.1 Å². The van der Waals surface area contributed by atoms with Crippen LogP contribution < -0.4 is 0 Å². The Balaban J connectivity index is 0. The third-order valence-electron chi connectivity index (χ3n) is 3.83. The molecule has 0 saturated heterocycles. The Bertz CT molecular complexity index is 1030. The number of carboxylic acid groups (broad SMARTS) is 5. The predicted octanol–water partition coefficient (Wildman–Crippen LogP) is -0.863. The van der Waals surface area contributed by atoms with Crippen LogP contribution in [0, 0.1) is 30.3 Å². The van der Waals surface area contributed by atoms with Crippen LogP contribution in [0.3, 0.4) is 0 Å². The van der Waals surface area contributed by atoms with Crippen LogP contribution in [0.2, 0.25) is 0 Å². The average molecular weight is 581 g/mol. The largest absolute Gasteiger partial charge is 0.497 e. The van der Waals surface area contributed by atoms with Gasteiger partial charge in [-0.2, -0.15) is 0 Å². The molecule has 1 aromatic rings. The van der Waals surface area contributed by atoms with Gasteiger partial charge < -0.3 is 30.6 Å². The van der Waals surface area contributed by atoms with E-state index in [9.17, 15) is 49.5 Å². The number of aliphatic carboxylic acids is 5. The van der Waals surface area contributed by atoms with E-state index in [1.165, 1.54) is 0 Å². The fourth-order valence-corrected chi connectivity index (χ4v) is 2.45. The van der Waals surface area contributed by atoms with Crippen molar-refractivity contribution in [3.05, 3.63) is 42.5 Å². The molecule has 0 fully saturated rings. The Morgan fingerprint density at radius 3 is 1.07 bits per heavy atom. The van der Waals surface area contributed by atoms with Crippen LogP contribution in [0.25, 0.3) is 0 Å². The number of nitro groups is 3. The number of aromatic hydroxyl groups is 1. The normalized spacial score (nSPS) is 9.88. The Morgan fingerprint density at radius 2 is 0.900 bits per heavy atom. The number of phenolic OH excluding ortho intramolecular Hbond substituents is 1. The predicted molar refractivity (Wildman–Crippen MR) is 125 cm³/mol. The van der Waals surface area contributed by atoms with Gasteiger partial charge in [0, 0.05) is 20.0 Å². The second kappa shape index (κ2) is 17.9. The first-order valence-electron chi connectivity index (χ1n) is 10.1. The van der Waals surface area contributed by atoms with Gasteiger partial charge in [0.2, 0.25) is 0 Å². The highest BCUT2D eigenvalue weighted by Gasteiger charge is 2.30. The molecule has 0 saturated carbocycles. The zero-order chi connectivity index (χ0) is 31.7. The summed E-state index contributed by atoms with van der Waals surface area (Å²) in [6.07, 6.45) is 0. The minimum atomic E-state index is -1.23. The second-order valence-corrected chi connectivity index (χ2v) is 7.12. The number of carboxylic acids is 5. The van der Waals surface area contributed by atoms with E-state index in [1.54, 1.807) is 0 Å². The van der Waals surface area contributed by atoms with Crippen molar-refractivity contribution in [2.24, 2.45) is 0 Å². The number of rotatable bonds is 14. The van der Waals surface area contributed by atoms with E-state index in [4.69, 9.17) is 35.4 Å². The van der Waals surface area contributed by atoms with Crippen molar-refractivity contribution in [1.29, 1.82) is 0 Å². The molecule has 0 heterocycles. The summed E-state index contributed by atoms with van der Waals surface area (Å²) in [5.74, 6) is -6.95. The van der Waals surface area contributed by atoms with Crippen molar-refractivity contribution < 1.29 is 69.4 Å². The van der Waals surface area contributed by atoms with E-state index >= 15 is 0 Å². The molecule has 0 amide bonds. The topological polar surface area (TPSA) is 343 Å². The molecule has 6 N–H and O–H groups in total. The lowest BCUT2D eigenvalue weighted by Gasteiger charge is -2.23. The van der Waals surface area contributed by atoms with Crippen molar-refractivity contribution in [1.82, 2.24) is 9.80 Å². The number of phenols is 1. The third-order valence-corrected chi connectivity index (χ3v) is 3.83. The standard InChI is InChI=1S/C10H16N2O8.C6H3N3O7.C2H4O2/c13-7(14)3-11(4-8(15)16)1-2-12(5-9(17)18)6-10(19)20;10-6-4(8(13)14)1-3(7(11)12)2-5(6)9(15)16;1-2(3)4/h1-6H2,(H,13,14)(H,15,16)(H,17,18)(H,19,20);1-2,10H;1H3,(H,3,4). The summed E-state index contributed by atoms with van der Waals surface area (Å²) in [4.78, 5) is 81.1. The fraction of sp³-hybridized carbons (Fsp3) is 0.389. The van der Waals surface area contributed by atoms with Crippen LogP contribution in [-0.4, -0.2) is 124 Å². The number of nitrogens with zero attached hydrogens (tertiary/aromatic N) is 5. The zero-order valence-electron chi connectivity index (χ0n) is 20.3. The summed E-state index contributed by atoms with van der Waals surface area (Å²) in [5.41, 5.74) is -3.00. The molecule has 0 atom stereocenters. The van der Waals surface area contributed by atoms with Gasteiger partial charge in [-0.25, -0.2) is 0 Å². The first-order chi connectivity index (χ1) is 18.3. The van der Waals surface area contributed by atoms with Gasteiger partial charge in [-0.1, -0.05) is 0 Å². The zero-order valence-corrected chi connectivity index (χ0v) is 20.3. The molecule has 1 aromatic carbocycles. The van der Waals surface area contributed by atoms with Gasteiger partial charge in [-0.05, 0) is 0 Å².